The van der Waals surface area contributed by atoms with Crippen molar-refractivity contribution in [2.24, 2.45) is 5.92 Å². The molecule has 26 heavy (non-hydrogen) atoms. The Labute approximate surface area is 153 Å². The SMILES string of the molecule is O=S(=O)(CCc1ccc(F)cc1)N1CCC(CNc2ncccn2)CC1. The fourth-order valence-corrected chi connectivity index (χ4v) is 4.56. The second-order valence-electron chi connectivity index (χ2n) is 6.49. The number of sulfonamides is 1. The lowest BCUT2D eigenvalue weighted by atomic mass is 9.98. The van der Waals surface area contributed by atoms with Gasteiger partial charge in [0.2, 0.25) is 16.0 Å². The Morgan fingerprint density at radius 2 is 1.77 bits per heavy atom. The van der Waals surface area contributed by atoms with Gasteiger partial charge in [0.1, 0.15) is 5.82 Å². The summed E-state index contributed by atoms with van der Waals surface area (Å²) < 4.78 is 39.6. The molecule has 1 fully saturated rings. The zero-order chi connectivity index (χ0) is 18.4. The molecule has 1 N–H and O–H groups in total. The first-order valence-corrected chi connectivity index (χ1v) is 10.4. The van der Waals surface area contributed by atoms with E-state index in [1.807, 2.05) is 0 Å². The molecular formula is C18H23FN4O2S. The fraction of sp³-hybridized carbons (Fsp3) is 0.444. The number of aromatic nitrogens is 2. The van der Waals surface area contributed by atoms with Crippen LogP contribution < -0.4 is 5.32 Å². The van der Waals surface area contributed by atoms with Crippen molar-refractivity contribution in [2.45, 2.75) is 19.3 Å². The predicted molar refractivity (Wildman–Crippen MR) is 98.7 cm³/mol. The highest BCUT2D eigenvalue weighted by Gasteiger charge is 2.27. The molecule has 0 amide bonds. The number of nitrogens with one attached hydrogen (secondary N) is 1. The molecule has 0 atom stereocenters. The van der Waals surface area contributed by atoms with Crippen LogP contribution in [0.3, 0.4) is 0 Å². The van der Waals surface area contributed by atoms with Gasteiger partial charge in [-0.25, -0.2) is 27.1 Å². The molecule has 0 radical (unpaired) electrons. The molecular weight excluding hydrogens is 355 g/mol. The largest absolute Gasteiger partial charge is 0.354 e. The quantitative estimate of drug-likeness (QED) is 0.800. The number of nitrogens with zero attached hydrogens (tertiary/aromatic N) is 3. The van der Waals surface area contributed by atoms with Crippen LogP contribution in [0.5, 0.6) is 0 Å². The van der Waals surface area contributed by atoms with Crippen molar-refractivity contribution in [3.8, 4) is 0 Å². The highest BCUT2D eigenvalue weighted by atomic mass is 32.2. The predicted octanol–water partition coefficient (Wildman–Crippen LogP) is 2.31. The fourth-order valence-electron chi connectivity index (χ4n) is 3.04. The average molecular weight is 378 g/mol. The summed E-state index contributed by atoms with van der Waals surface area (Å²) in [6.07, 6.45) is 5.40. The number of hydrogen-bond acceptors (Lipinski definition) is 5. The molecule has 140 valence electrons. The molecule has 1 aliphatic rings. The Bertz CT molecular complexity index is 792. The van der Waals surface area contributed by atoms with Crippen molar-refractivity contribution in [3.63, 3.8) is 0 Å². The third-order valence-electron chi connectivity index (χ3n) is 4.64. The number of benzene rings is 1. The second kappa shape index (κ2) is 8.55. The van der Waals surface area contributed by atoms with Crippen LogP contribution in [0.15, 0.2) is 42.7 Å². The zero-order valence-electron chi connectivity index (χ0n) is 14.5. The Balaban J connectivity index is 1.44. The van der Waals surface area contributed by atoms with Gasteiger partial charge in [0.25, 0.3) is 0 Å². The molecule has 2 heterocycles. The van der Waals surface area contributed by atoms with Crippen molar-refractivity contribution in [1.82, 2.24) is 14.3 Å². The van der Waals surface area contributed by atoms with Crippen LogP contribution in [0.25, 0.3) is 0 Å². The minimum Gasteiger partial charge on any atom is -0.354 e. The van der Waals surface area contributed by atoms with Crippen LogP contribution in [0, 0.1) is 11.7 Å². The van der Waals surface area contributed by atoms with Crippen molar-refractivity contribution >= 4 is 16.0 Å². The molecule has 3 rings (SSSR count). The second-order valence-corrected chi connectivity index (χ2v) is 8.58. The summed E-state index contributed by atoms with van der Waals surface area (Å²) in [5.74, 6) is 0.747. The maximum atomic E-state index is 12.9. The molecule has 8 heteroatoms. The Hall–Kier alpha value is -2.06. The van der Waals surface area contributed by atoms with Crippen LogP contribution in [0.2, 0.25) is 0 Å². The van der Waals surface area contributed by atoms with Gasteiger partial charge in [-0.15, -0.1) is 0 Å². The number of anilines is 1. The van der Waals surface area contributed by atoms with Crippen LogP contribution in [-0.2, 0) is 16.4 Å². The highest BCUT2D eigenvalue weighted by molar-refractivity contribution is 7.89. The molecule has 1 saturated heterocycles. The molecule has 1 aromatic heterocycles. The van der Waals surface area contributed by atoms with E-state index in [0.717, 1.165) is 24.9 Å². The maximum absolute atomic E-state index is 12.9. The molecule has 0 saturated carbocycles. The molecule has 0 unspecified atom stereocenters. The van der Waals surface area contributed by atoms with Crippen molar-refractivity contribution in [3.05, 3.63) is 54.1 Å². The van der Waals surface area contributed by atoms with Gasteiger partial charge in [0, 0.05) is 32.0 Å². The minimum absolute atomic E-state index is 0.0550. The van der Waals surface area contributed by atoms with Crippen LogP contribution in [-0.4, -0.2) is 48.1 Å². The monoisotopic (exact) mass is 378 g/mol. The number of halogens is 1. The van der Waals surface area contributed by atoms with Gasteiger partial charge in [0.05, 0.1) is 5.75 Å². The van der Waals surface area contributed by atoms with Gasteiger partial charge >= 0.3 is 0 Å². The van der Waals surface area contributed by atoms with Crippen molar-refractivity contribution < 1.29 is 12.8 Å². The number of hydrogen-bond donors (Lipinski definition) is 1. The van der Waals surface area contributed by atoms with Gasteiger partial charge in [0.15, 0.2) is 0 Å². The first-order valence-electron chi connectivity index (χ1n) is 8.76. The number of piperidine rings is 1. The Morgan fingerprint density at radius 3 is 2.42 bits per heavy atom. The first kappa shape index (κ1) is 18.7. The lowest BCUT2D eigenvalue weighted by Gasteiger charge is -2.31. The van der Waals surface area contributed by atoms with Gasteiger partial charge in [-0.1, -0.05) is 12.1 Å². The summed E-state index contributed by atoms with van der Waals surface area (Å²) in [7, 11) is -3.29. The first-order chi connectivity index (χ1) is 12.5. The Kier molecular flexibility index (Phi) is 6.16. The van der Waals surface area contributed by atoms with Gasteiger partial charge < -0.3 is 5.32 Å². The average Bonchev–Trinajstić information content (AvgIpc) is 2.67. The molecule has 1 aliphatic heterocycles. The summed E-state index contributed by atoms with van der Waals surface area (Å²) in [5.41, 5.74) is 0.830. The van der Waals surface area contributed by atoms with Gasteiger partial charge in [-0.2, -0.15) is 0 Å². The lowest BCUT2D eigenvalue weighted by molar-refractivity contribution is 0.282. The molecule has 1 aromatic carbocycles. The molecule has 0 bridgehead atoms. The highest BCUT2D eigenvalue weighted by Crippen LogP contribution is 2.20. The zero-order valence-corrected chi connectivity index (χ0v) is 15.3. The third-order valence-corrected chi connectivity index (χ3v) is 6.52. The summed E-state index contributed by atoms with van der Waals surface area (Å²) in [6.45, 7) is 1.81. The molecule has 6 nitrogen and oxygen atoms in total. The van der Waals surface area contributed by atoms with E-state index in [2.05, 4.69) is 15.3 Å². The van der Waals surface area contributed by atoms with E-state index in [9.17, 15) is 12.8 Å². The molecule has 0 aliphatic carbocycles. The van der Waals surface area contributed by atoms with E-state index >= 15 is 0 Å². The van der Waals surface area contributed by atoms with Crippen molar-refractivity contribution in [1.29, 1.82) is 0 Å². The van der Waals surface area contributed by atoms with Crippen LogP contribution in [0.4, 0.5) is 10.3 Å². The summed E-state index contributed by atoms with van der Waals surface area (Å²) in [6, 6.07) is 7.75. The molecule has 0 spiro atoms. The number of rotatable bonds is 7. The van der Waals surface area contributed by atoms with E-state index in [-0.39, 0.29) is 11.6 Å². The van der Waals surface area contributed by atoms with Crippen molar-refractivity contribution in [2.75, 3.05) is 30.7 Å². The van der Waals surface area contributed by atoms with Crippen LogP contribution in [0.1, 0.15) is 18.4 Å². The van der Waals surface area contributed by atoms with E-state index < -0.39 is 10.0 Å². The normalized spacial score (nSPS) is 16.5. The van der Waals surface area contributed by atoms with Gasteiger partial charge in [-0.05, 0) is 48.9 Å². The van der Waals surface area contributed by atoms with E-state index in [0.29, 0.717) is 31.4 Å². The third kappa shape index (κ3) is 5.22. The summed E-state index contributed by atoms with van der Waals surface area (Å²) in [5, 5.41) is 3.20. The van der Waals surface area contributed by atoms with Crippen LogP contribution >= 0.6 is 0 Å². The smallest absolute Gasteiger partial charge is 0.222 e. The van der Waals surface area contributed by atoms with E-state index in [1.54, 1.807) is 34.9 Å². The minimum atomic E-state index is -3.29. The number of aryl methyl sites for hydroxylation is 1. The summed E-state index contributed by atoms with van der Waals surface area (Å²) in [4.78, 5) is 8.25. The van der Waals surface area contributed by atoms with E-state index in [4.69, 9.17) is 0 Å². The Morgan fingerprint density at radius 1 is 1.12 bits per heavy atom. The topological polar surface area (TPSA) is 75.2 Å². The summed E-state index contributed by atoms with van der Waals surface area (Å²) >= 11 is 0. The lowest BCUT2D eigenvalue weighted by Crippen LogP contribution is -2.41. The molecule has 2 aromatic rings. The van der Waals surface area contributed by atoms with Gasteiger partial charge in [-0.3, -0.25) is 0 Å². The maximum Gasteiger partial charge on any atom is 0.222 e. The van der Waals surface area contributed by atoms with E-state index in [1.165, 1.54) is 12.1 Å². The standard InChI is InChI=1S/C18H23FN4O2S/c19-17-4-2-15(3-5-17)8-13-26(24,25)23-11-6-16(7-12-23)14-22-18-20-9-1-10-21-18/h1-5,9-10,16H,6-8,11-14H2,(H,20,21,22).